The van der Waals surface area contributed by atoms with Crippen LogP contribution in [0.3, 0.4) is 0 Å². The average molecular weight is 290 g/mol. The molecule has 0 aliphatic heterocycles. The Morgan fingerprint density at radius 3 is 2.50 bits per heavy atom. The summed E-state index contributed by atoms with van der Waals surface area (Å²) in [5.41, 5.74) is -0.00972. The van der Waals surface area contributed by atoms with Crippen molar-refractivity contribution in [1.29, 1.82) is 0 Å². The Bertz CT molecular complexity index is 534. The second kappa shape index (κ2) is 6.73. The Morgan fingerprint density at radius 2 is 2.00 bits per heavy atom. The summed E-state index contributed by atoms with van der Waals surface area (Å²) < 4.78 is 1.62. The Labute approximate surface area is 115 Å². The zero-order valence-electron chi connectivity index (χ0n) is 8.96. The zero-order chi connectivity index (χ0) is 11.5. The van der Waals surface area contributed by atoms with E-state index < -0.39 is 4.92 Å². The lowest BCUT2D eigenvalue weighted by molar-refractivity contribution is -0.673. The van der Waals surface area contributed by atoms with E-state index >= 15 is 0 Å². The topological polar surface area (TPSA) is 81.4 Å². The van der Waals surface area contributed by atoms with Gasteiger partial charge in [0.15, 0.2) is 11.9 Å². The maximum Gasteiger partial charge on any atom is 0.447 e. The predicted octanol–water partition coefficient (Wildman–Crippen LogP) is -5.60. The highest BCUT2D eigenvalue weighted by atomic mass is 35.5. The van der Waals surface area contributed by atoms with E-state index in [0.717, 1.165) is 0 Å². The SMILES string of the molecule is O=[N+]([O-])c1ccc(-[n+]2cccc(O)c2)[nH+]c1.[Cl-].[Cl-]. The number of nitro groups is 1. The number of pyridine rings is 2. The van der Waals surface area contributed by atoms with Gasteiger partial charge in [0.2, 0.25) is 6.20 Å². The number of halogens is 2. The summed E-state index contributed by atoms with van der Waals surface area (Å²) >= 11 is 0. The first kappa shape index (κ1) is 16.1. The van der Waals surface area contributed by atoms with Crippen LogP contribution in [0.1, 0.15) is 0 Å². The molecular weight excluding hydrogens is 281 g/mol. The van der Waals surface area contributed by atoms with Crippen LogP contribution in [0.15, 0.2) is 42.9 Å². The number of rotatable bonds is 2. The minimum atomic E-state index is -0.479. The van der Waals surface area contributed by atoms with E-state index in [0.29, 0.717) is 5.82 Å². The van der Waals surface area contributed by atoms with Gasteiger partial charge < -0.3 is 29.9 Å². The van der Waals surface area contributed by atoms with Crippen molar-refractivity contribution in [1.82, 2.24) is 0 Å². The van der Waals surface area contributed by atoms with Crippen LogP contribution in [0.4, 0.5) is 5.69 Å². The third kappa shape index (κ3) is 3.54. The lowest BCUT2D eigenvalue weighted by atomic mass is 10.4. The van der Waals surface area contributed by atoms with E-state index in [4.69, 9.17) is 0 Å². The molecule has 2 aromatic heterocycles. The molecule has 2 aromatic rings. The molecule has 0 saturated carbocycles. The molecule has 0 spiro atoms. The Hall–Kier alpha value is -1.92. The highest BCUT2D eigenvalue weighted by Gasteiger charge is 2.17. The third-order valence-corrected chi connectivity index (χ3v) is 2.05. The summed E-state index contributed by atoms with van der Waals surface area (Å²) in [7, 11) is 0. The second-order valence-electron chi connectivity index (χ2n) is 3.16. The van der Waals surface area contributed by atoms with E-state index in [1.54, 1.807) is 29.0 Å². The van der Waals surface area contributed by atoms with Crippen LogP contribution in [-0.2, 0) is 0 Å². The molecule has 0 atom stereocenters. The number of aromatic hydroxyl groups is 1. The van der Waals surface area contributed by atoms with Crippen molar-refractivity contribution in [2.75, 3.05) is 0 Å². The molecule has 0 fully saturated rings. The molecular formula is C10H9Cl2N3O3. The van der Waals surface area contributed by atoms with Gasteiger partial charge in [0.05, 0.1) is 11.0 Å². The van der Waals surface area contributed by atoms with Gasteiger partial charge in [-0.15, -0.1) is 9.55 Å². The zero-order valence-corrected chi connectivity index (χ0v) is 10.5. The van der Waals surface area contributed by atoms with Gasteiger partial charge in [-0.2, -0.15) is 0 Å². The minimum absolute atomic E-state index is 0. The van der Waals surface area contributed by atoms with E-state index in [-0.39, 0.29) is 36.3 Å². The molecule has 0 unspecified atom stereocenters. The second-order valence-corrected chi connectivity index (χ2v) is 3.16. The van der Waals surface area contributed by atoms with E-state index in [2.05, 4.69) is 4.98 Å². The molecule has 0 bridgehead atoms. The highest BCUT2D eigenvalue weighted by molar-refractivity contribution is 5.25. The number of H-pyrrole nitrogens is 1. The standard InChI is InChI=1S/C10H7N3O3.2ClH/c14-9-2-1-5-12(7-9)10-4-3-8(6-11-10)13(15)16;;/h1-7H;2*1H. The summed E-state index contributed by atoms with van der Waals surface area (Å²) in [5.74, 6) is 0.746. The largest absolute Gasteiger partial charge is 1.00 e. The molecule has 0 radical (unpaired) electrons. The summed E-state index contributed by atoms with van der Waals surface area (Å²) in [5, 5.41) is 19.7. The monoisotopic (exact) mass is 289 g/mol. The molecule has 2 rings (SSSR count). The van der Waals surface area contributed by atoms with Crippen molar-refractivity contribution in [3.8, 4) is 11.6 Å². The first-order valence-electron chi connectivity index (χ1n) is 4.53. The minimum Gasteiger partial charge on any atom is -1.00 e. The van der Waals surface area contributed by atoms with Crippen molar-refractivity contribution in [3.63, 3.8) is 0 Å². The summed E-state index contributed by atoms with van der Waals surface area (Å²) in [6.07, 6.45) is 4.52. The Kier molecular flexibility index (Phi) is 6.01. The van der Waals surface area contributed by atoms with Crippen LogP contribution < -0.4 is 34.4 Å². The fourth-order valence-corrected chi connectivity index (χ4v) is 1.30. The van der Waals surface area contributed by atoms with Crippen LogP contribution in [0, 0.1) is 10.1 Å². The number of nitrogens with one attached hydrogen (secondary N) is 1. The van der Waals surface area contributed by atoms with Crippen molar-refractivity contribution in [3.05, 3.63) is 53.0 Å². The van der Waals surface area contributed by atoms with Crippen molar-refractivity contribution >= 4 is 5.69 Å². The number of hydrogen-bond acceptors (Lipinski definition) is 3. The van der Waals surface area contributed by atoms with Gasteiger partial charge in [-0.05, 0) is 6.07 Å². The van der Waals surface area contributed by atoms with Crippen molar-refractivity contribution in [2.45, 2.75) is 0 Å². The number of nitrogens with zero attached hydrogens (tertiary/aromatic N) is 2. The maximum absolute atomic E-state index is 10.4. The first-order chi connectivity index (χ1) is 7.66. The third-order valence-electron chi connectivity index (χ3n) is 2.05. The molecule has 18 heavy (non-hydrogen) atoms. The van der Waals surface area contributed by atoms with Gasteiger partial charge in [0.25, 0.3) is 6.20 Å². The normalized spacial score (nSPS) is 8.89. The number of aromatic nitrogens is 2. The number of hydrogen-bond donors (Lipinski definition) is 1. The average Bonchev–Trinajstić information content (AvgIpc) is 2.29. The molecule has 0 aliphatic rings. The maximum atomic E-state index is 10.4. The molecule has 8 heteroatoms. The van der Waals surface area contributed by atoms with Gasteiger partial charge in [-0.1, -0.05) is 0 Å². The quantitative estimate of drug-likeness (QED) is 0.340. The van der Waals surface area contributed by atoms with E-state index in [1.165, 1.54) is 18.5 Å². The van der Waals surface area contributed by atoms with Crippen LogP contribution in [0.25, 0.3) is 5.82 Å². The fourth-order valence-electron chi connectivity index (χ4n) is 1.30. The molecule has 0 aliphatic carbocycles. The van der Waals surface area contributed by atoms with Gasteiger partial charge in [0.1, 0.15) is 0 Å². The van der Waals surface area contributed by atoms with Crippen LogP contribution >= 0.6 is 0 Å². The molecule has 0 aromatic carbocycles. The smallest absolute Gasteiger partial charge is 0.447 e. The van der Waals surface area contributed by atoms with Gasteiger partial charge in [0, 0.05) is 12.1 Å². The molecule has 96 valence electrons. The fraction of sp³-hybridized carbons (Fsp3) is 0. The first-order valence-corrected chi connectivity index (χ1v) is 4.53. The van der Waals surface area contributed by atoms with E-state index in [1.807, 2.05) is 0 Å². The summed E-state index contributed by atoms with van der Waals surface area (Å²) in [4.78, 5) is 12.7. The molecule has 2 heterocycles. The van der Waals surface area contributed by atoms with Crippen molar-refractivity contribution < 1.29 is 44.4 Å². The van der Waals surface area contributed by atoms with Gasteiger partial charge in [-0.3, -0.25) is 10.1 Å². The van der Waals surface area contributed by atoms with Crippen LogP contribution in [0.2, 0.25) is 0 Å². The molecule has 0 saturated heterocycles. The van der Waals surface area contributed by atoms with E-state index in [9.17, 15) is 15.2 Å². The van der Waals surface area contributed by atoms with Crippen molar-refractivity contribution in [2.24, 2.45) is 0 Å². The van der Waals surface area contributed by atoms with Crippen LogP contribution in [-0.4, -0.2) is 10.0 Å². The molecule has 2 N–H and O–H groups in total. The van der Waals surface area contributed by atoms with Gasteiger partial charge in [-0.25, -0.2) is 0 Å². The van der Waals surface area contributed by atoms with Crippen LogP contribution in [0.5, 0.6) is 5.75 Å². The molecule has 0 amide bonds. The lowest BCUT2D eigenvalue weighted by Crippen LogP contribution is -3.00. The Morgan fingerprint density at radius 1 is 1.28 bits per heavy atom. The van der Waals surface area contributed by atoms with Gasteiger partial charge >= 0.3 is 11.5 Å². The Balaban J connectivity index is 0.00000144. The summed E-state index contributed by atoms with van der Waals surface area (Å²) in [6, 6.07) is 6.17. The number of aromatic amines is 1. The molecule has 6 nitrogen and oxygen atoms in total. The lowest BCUT2D eigenvalue weighted by Gasteiger charge is -1.90. The highest BCUT2D eigenvalue weighted by Crippen LogP contribution is 2.07. The summed E-state index contributed by atoms with van der Waals surface area (Å²) in [6.45, 7) is 0. The predicted molar refractivity (Wildman–Crippen MR) is 52.8 cm³/mol.